The molecule has 1 amide bonds. The van der Waals surface area contributed by atoms with Crippen molar-refractivity contribution in [3.63, 3.8) is 0 Å². The van der Waals surface area contributed by atoms with E-state index in [0.717, 1.165) is 24.8 Å². The monoisotopic (exact) mass is 253 g/mol. The van der Waals surface area contributed by atoms with Crippen LogP contribution >= 0.6 is 15.9 Å². The largest absolute Gasteiger partial charge is 0.368 e. The summed E-state index contributed by atoms with van der Waals surface area (Å²) in [7, 11) is 0. The molecule has 1 aromatic carbocycles. The Morgan fingerprint density at radius 1 is 1.43 bits per heavy atom. The van der Waals surface area contributed by atoms with Crippen LogP contribution in [0.3, 0.4) is 0 Å². The predicted octanol–water partition coefficient (Wildman–Crippen LogP) is 2.10. The standard InChI is InChI=1S/C11H12BrNO/c12-11(10(13)14)7-3-5-8-4-1-2-6-9(8)11/h1-2,4,6H,3,5,7H2,(H2,13,14). The number of carbonyl (C=O) groups excluding carboxylic acids is 1. The van der Waals surface area contributed by atoms with E-state index in [1.165, 1.54) is 5.56 Å². The van der Waals surface area contributed by atoms with E-state index in [0.29, 0.717) is 0 Å². The Morgan fingerprint density at radius 2 is 2.14 bits per heavy atom. The van der Waals surface area contributed by atoms with Gasteiger partial charge in [0.1, 0.15) is 4.32 Å². The minimum atomic E-state index is -0.637. The van der Waals surface area contributed by atoms with E-state index in [-0.39, 0.29) is 5.91 Å². The molecule has 1 unspecified atom stereocenters. The number of nitrogens with two attached hydrogens (primary N) is 1. The lowest BCUT2D eigenvalue weighted by molar-refractivity contribution is -0.120. The summed E-state index contributed by atoms with van der Waals surface area (Å²) in [6.45, 7) is 0. The highest BCUT2D eigenvalue weighted by Gasteiger charge is 2.38. The average Bonchev–Trinajstić information content (AvgIpc) is 2.18. The van der Waals surface area contributed by atoms with Crippen LogP contribution in [0.2, 0.25) is 0 Å². The van der Waals surface area contributed by atoms with Crippen LogP contribution in [0.5, 0.6) is 0 Å². The van der Waals surface area contributed by atoms with Crippen LogP contribution in [0.4, 0.5) is 0 Å². The van der Waals surface area contributed by atoms with Gasteiger partial charge in [-0.1, -0.05) is 40.2 Å². The van der Waals surface area contributed by atoms with Gasteiger partial charge in [-0.2, -0.15) is 0 Å². The summed E-state index contributed by atoms with van der Waals surface area (Å²) in [5.74, 6) is -0.287. The van der Waals surface area contributed by atoms with Gasteiger partial charge in [0.25, 0.3) is 0 Å². The molecular weight excluding hydrogens is 242 g/mol. The summed E-state index contributed by atoms with van der Waals surface area (Å²) < 4.78 is -0.637. The fourth-order valence-electron chi connectivity index (χ4n) is 2.04. The van der Waals surface area contributed by atoms with Gasteiger partial charge in [0.15, 0.2) is 0 Å². The van der Waals surface area contributed by atoms with Crippen LogP contribution in [0.15, 0.2) is 24.3 Å². The number of hydrogen-bond donors (Lipinski definition) is 1. The van der Waals surface area contributed by atoms with Gasteiger partial charge < -0.3 is 5.73 Å². The van der Waals surface area contributed by atoms with Crippen LogP contribution in [0.1, 0.15) is 24.0 Å². The van der Waals surface area contributed by atoms with Gasteiger partial charge in [0.2, 0.25) is 5.91 Å². The average molecular weight is 254 g/mol. The Labute approximate surface area is 91.6 Å². The second kappa shape index (κ2) is 3.39. The quantitative estimate of drug-likeness (QED) is 0.766. The molecule has 0 spiro atoms. The zero-order chi connectivity index (χ0) is 10.2. The maximum atomic E-state index is 11.4. The zero-order valence-corrected chi connectivity index (χ0v) is 9.38. The Morgan fingerprint density at radius 3 is 2.86 bits per heavy atom. The van der Waals surface area contributed by atoms with Crippen molar-refractivity contribution in [2.45, 2.75) is 23.6 Å². The molecule has 14 heavy (non-hydrogen) atoms. The number of hydrogen-bond acceptors (Lipinski definition) is 1. The topological polar surface area (TPSA) is 43.1 Å². The molecule has 2 nitrogen and oxygen atoms in total. The first-order valence-corrected chi connectivity index (χ1v) is 5.51. The molecule has 1 aliphatic carbocycles. The van der Waals surface area contributed by atoms with E-state index >= 15 is 0 Å². The summed E-state index contributed by atoms with van der Waals surface area (Å²) in [5.41, 5.74) is 7.70. The number of fused-ring (bicyclic) bond motifs is 1. The van der Waals surface area contributed by atoms with E-state index in [4.69, 9.17) is 5.73 Å². The van der Waals surface area contributed by atoms with Crippen LogP contribution in [-0.2, 0) is 15.5 Å². The van der Waals surface area contributed by atoms with Crippen LogP contribution in [0.25, 0.3) is 0 Å². The lowest BCUT2D eigenvalue weighted by Crippen LogP contribution is -2.38. The maximum absolute atomic E-state index is 11.4. The summed E-state index contributed by atoms with van der Waals surface area (Å²) in [6, 6.07) is 7.99. The lowest BCUT2D eigenvalue weighted by atomic mass is 9.82. The van der Waals surface area contributed by atoms with Crippen LogP contribution < -0.4 is 5.73 Å². The molecule has 0 fully saturated rings. The molecule has 0 saturated carbocycles. The molecule has 0 bridgehead atoms. The number of alkyl halides is 1. The first-order valence-electron chi connectivity index (χ1n) is 4.72. The zero-order valence-electron chi connectivity index (χ0n) is 7.79. The number of rotatable bonds is 1. The molecule has 74 valence electrons. The van der Waals surface area contributed by atoms with E-state index in [9.17, 15) is 4.79 Å². The van der Waals surface area contributed by atoms with Crippen molar-refractivity contribution in [3.8, 4) is 0 Å². The number of benzene rings is 1. The van der Waals surface area contributed by atoms with Gasteiger partial charge in [0.05, 0.1) is 0 Å². The Bertz CT molecular complexity index is 377. The van der Waals surface area contributed by atoms with Crippen LogP contribution in [-0.4, -0.2) is 5.91 Å². The van der Waals surface area contributed by atoms with Crippen molar-refractivity contribution in [2.75, 3.05) is 0 Å². The number of amides is 1. The van der Waals surface area contributed by atoms with Gasteiger partial charge in [-0.15, -0.1) is 0 Å². The molecule has 0 radical (unpaired) electrons. The summed E-state index contributed by atoms with van der Waals surface area (Å²) in [5, 5.41) is 0. The number of carbonyl (C=O) groups is 1. The highest BCUT2D eigenvalue weighted by atomic mass is 79.9. The smallest absolute Gasteiger partial charge is 0.238 e. The van der Waals surface area contributed by atoms with Crippen LogP contribution in [0, 0.1) is 0 Å². The van der Waals surface area contributed by atoms with Gasteiger partial charge in [0, 0.05) is 0 Å². The second-order valence-electron chi connectivity index (χ2n) is 3.68. The maximum Gasteiger partial charge on any atom is 0.238 e. The third-order valence-electron chi connectivity index (χ3n) is 2.80. The summed E-state index contributed by atoms with van der Waals surface area (Å²) in [6.07, 6.45) is 2.83. The number of primary amides is 1. The van der Waals surface area contributed by atoms with E-state index in [2.05, 4.69) is 22.0 Å². The molecule has 0 aliphatic heterocycles. The fourth-order valence-corrected chi connectivity index (χ4v) is 2.71. The number of aryl methyl sites for hydroxylation is 1. The highest BCUT2D eigenvalue weighted by molar-refractivity contribution is 9.10. The van der Waals surface area contributed by atoms with E-state index in [1.54, 1.807) is 0 Å². The first kappa shape index (κ1) is 9.71. The van der Waals surface area contributed by atoms with Gasteiger partial charge in [-0.05, 0) is 30.4 Å². The third-order valence-corrected chi connectivity index (χ3v) is 4.02. The summed E-state index contributed by atoms with van der Waals surface area (Å²) in [4.78, 5) is 11.4. The molecule has 1 aromatic rings. The van der Waals surface area contributed by atoms with Crippen molar-refractivity contribution in [2.24, 2.45) is 5.73 Å². The molecule has 0 heterocycles. The fraction of sp³-hybridized carbons (Fsp3) is 0.364. The molecular formula is C11H12BrNO. The highest BCUT2D eigenvalue weighted by Crippen LogP contribution is 2.41. The van der Waals surface area contributed by atoms with Gasteiger partial charge in [-0.25, -0.2) is 0 Å². The van der Waals surface area contributed by atoms with Crippen molar-refractivity contribution in [1.29, 1.82) is 0 Å². The molecule has 0 saturated heterocycles. The normalized spacial score (nSPS) is 25.5. The van der Waals surface area contributed by atoms with Gasteiger partial charge >= 0.3 is 0 Å². The molecule has 1 aliphatic rings. The molecule has 0 aromatic heterocycles. The molecule has 2 N–H and O–H groups in total. The number of halogens is 1. The molecule has 1 atom stereocenters. The van der Waals surface area contributed by atoms with Crippen molar-refractivity contribution in [1.82, 2.24) is 0 Å². The second-order valence-corrected chi connectivity index (χ2v) is 5.03. The van der Waals surface area contributed by atoms with E-state index < -0.39 is 4.32 Å². The molecule has 3 heteroatoms. The van der Waals surface area contributed by atoms with Crippen molar-refractivity contribution >= 4 is 21.8 Å². The van der Waals surface area contributed by atoms with Crippen molar-refractivity contribution in [3.05, 3.63) is 35.4 Å². The van der Waals surface area contributed by atoms with Gasteiger partial charge in [-0.3, -0.25) is 4.79 Å². The van der Waals surface area contributed by atoms with Crippen molar-refractivity contribution < 1.29 is 4.79 Å². The Kier molecular flexibility index (Phi) is 2.35. The Hall–Kier alpha value is -0.830. The lowest BCUT2D eigenvalue weighted by Gasteiger charge is -2.31. The predicted molar refractivity (Wildman–Crippen MR) is 59.2 cm³/mol. The summed E-state index contributed by atoms with van der Waals surface area (Å²) >= 11 is 3.48. The molecule has 2 rings (SSSR count). The minimum absolute atomic E-state index is 0.287. The third kappa shape index (κ3) is 1.36. The Balaban J connectivity index is 2.55. The minimum Gasteiger partial charge on any atom is -0.368 e. The van der Waals surface area contributed by atoms with E-state index in [1.807, 2.05) is 18.2 Å². The SMILES string of the molecule is NC(=O)C1(Br)CCCc2ccccc21. The first-order chi connectivity index (χ1) is 6.64.